The molecule has 0 saturated heterocycles. The number of hydrogen-bond acceptors (Lipinski definition) is 5. The minimum Gasteiger partial charge on any atom is -0.316 e. The Labute approximate surface area is 104 Å². The number of hydrogen-bond donors (Lipinski definition) is 1. The highest BCUT2D eigenvalue weighted by Gasteiger charge is 2.06. The normalized spacial score (nSPS) is 9.94. The van der Waals surface area contributed by atoms with Gasteiger partial charge < -0.3 is 5.32 Å². The molecular weight excluding hydrogens is 232 g/mol. The summed E-state index contributed by atoms with van der Waals surface area (Å²) in [4.78, 5) is 9.84. The van der Waals surface area contributed by atoms with E-state index in [0.29, 0.717) is 11.4 Å². The number of nitriles is 1. The average Bonchev–Trinajstić information content (AvgIpc) is 2.70. The molecule has 86 valence electrons. The van der Waals surface area contributed by atoms with Crippen molar-refractivity contribution in [2.45, 2.75) is 20.3 Å². The number of nitrogens with zero attached hydrogens (tertiary/aromatic N) is 3. The smallest absolute Gasteiger partial charge is 0.188 e. The monoisotopic (exact) mass is 244 g/mol. The molecule has 4 nitrogen and oxygen atoms in total. The zero-order chi connectivity index (χ0) is 12.3. The number of aryl methyl sites for hydroxylation is 2. The van der Waals surface area contributed by atoms with E-state index < -0.39 is 0 Å². The molecule has 0 aliphatic carbocycles. The molecule has 0 aliphatic rings. The van der Waals surface area contributed by atoms with Crippen LogP contribution in [-0.2, 0) is 6.42 Å². The second-order valence-corrected chi connectivity index (χ2v) is 4.75. The van der Waals surface area contributed by atoms with E-state index in [9.17, 15) is 0 Å². The van der Waals surface area contributed by atoms with Crippen LogP contribution in [0.15, 0.2) is 18.3 Å². The van der Waals surface area contributed by atoms with Gasteiger partial charge in [0.25, 0.3) is 0 Å². The molecule has 0 spiro atoms. The summed E-state index contributed by atoms with van der Waals surface area (Å²) in [5.41, 5.74) is 1.67. The Balaban J connectivity index is 2.17. The first-order valence-electron chi connectivity index (χ1n) is 5.32. The van der Waals surface area contributed by atoms with Crippen molar-refractivity contribution in [3.05, 3.63) is 34.5 Å². The molecule has 0 aliphatic heterocycles. The third kappa shape index (κ3) is 2.60. The molecule has 0 unspecified atom stereocenters. The number of aromatic nitrogens is 2. The second-order valence-electron chi connectivity index (χ2n) is 3.54. The van der Waals surface area contributed by atoms with Crippen LogP contribution in [0.3, 0.4) is 0 Å². The molecule has 2 aromatic rings. The maximum absolute atomic E-state index is 8.67. The van der Waals surface area contributed by atoms with Gasteiger partial charge in [0, 0.05) is 11.1 Å². The van der Waals surface area contributed by atoms with Crippen molar-refractivity contribution in [3.8, 4) is 6.07 Å². The summed E-state index contributed by atoms with van der Waals surface area (Å²) in [7, 11) is 0. The first-order valence-corrected chi connectivity index (χ1v) is 6.14. The molecule has 5 heteroatoms. The molecule has 0 fully saturated rings. The SMILES string of the molecule is CCc1nc(Nc2ccc(C#N)cn2)sc1C. The summed E-state index contributed by atoms with van der Waals surface area (Å²) in [5.74, 6) is 0.709. The van der Waals surface area contributed by atoms with Crippen molar-refractivity contribution in [1.82, 2.24) is 9.97 Å². The second kappa shape index (κ2) is 4.93. The van der Waals surface area contributed by atoms with Crippen LogP contribution in [0.1, 0.15) is 23.1 Å². The molecule has 0 atom stereocenters. The van der Waals surface area contributed by atoms with E-state index in [1.165, 1.54) is 4.88 Å². The van der Waals surface area contributed by atoms with Crippen LogP contribution in [0.5, 0.6) is 0 Å². The Morgan fingerprint density at radius 3 is 2.82 bits per heavy atom. The van der Waals surface area contributed by atoms with Crippen molar-refractivity contribution < 1.29 is 0 Å². The fourth-order valence-corrected chi connectivity index (χ4v) is 2.36. The lowest BCUT2D eigenvalue weighted by molar-refractivity contribution is 1.04. The van der Waals surface area contributed by atoms with E-state index in [2.05, 4.69) is 29.1 Å². The van der Waals surface area contributed by atoms with E-state index in [-0.39, 0.29) is 0 Å². The van der Waals surface area contributed by atoms with E-state index in [1.807, 2.05) is 6.07 Å². The lowest BCUT2D eigenvalue weighted by Crippen LogP contribution is -1.93. The van der Waals surface area contributed by atoms with Gasteiger partial charge in [0.05, 0.1) is 11.3 Å². The summed E-state index contributed by atoms with van der Waals surface area (Å²) in [6.45, 7) is 4.15. The van der Waals surface area contributed by atoms with Gasteiger partial charge in [-0.1, -0.05) is 6.92 Å². The summed E-state index contributed by atoms with van der Waals surface area (Å²) >= 11 is 1.62. The largest absolute Gasteiger partial charge is 0.316 e. The van der Waals surface area contributed by atoms with Gasteiger partial charge in [-0.2, -0.15) is 5.26 Å². The minimum absolute atomic E-state index is 0.556. The minimum atomic E-state index is 0.556. The molecule has 0 amide bonds. The van der Waals surface area contributed by atoms with Gasteiger partial charge in [-0.3, -0.25) is 0 Å². The molecule has 2 rings (SSSR count). The number of nitrogens with one attached hydrogen (secondary N) is 1. The van der Waals surface area contributed by atoms with E-state index >= 15 is 0 Å². The zero-order valence-electron chi connectivity index (χ0n) is 9.69. The maximum atomic E-state index is 8.67. The topological polar surface area (TPSA) is 61.6 Å². The van der Waals surface area contributed by atoms with Crippen LogP contribution in [0.25, 0.3) is 0 Å². The third-order valence-electron chi connectivity index (χ3n) is 2.36. The van der Waals surface area contributed by atoms with Crippen LogP contribution in [0, 0.1) is 18.3 Å². The van der Waals surface area contributed by atoms with Gasteiger partial charge in [0.2, 0.25) is 0 Å². The number of pyridine rings is 1. The molecule has 2 heterocycles. The molecular formula is C12H12N4S. The molecule has 0 radical (unpaired) electrons. The predicted octanol–water partition coefficient (Wildman–Crippen LogP) is 3.02. The molecule has 0 bridgehead atoms. The summed E-state index contributed by atoms with van der Waals surface area (Å²) < 4.78 is 0. The molecule has 1 N–H and O–H groups in total. The van der Waals surface area contributed by atoms with Crippen LogP contribution in [0.2, 0.25) is 0 Å². The third-order valence-corrected chi connectivity index (χ3v) is 3.28. The Morgan fingerprint density at radius 1 is 1.47 bits per heavy atom. The standard InChI is InChI=1S/C12H12N4S/c1-3-10-8(2)17-12(15-10)16-11-5-4-9(6-13)7-14-11/h4-5,7H,3H2,1-2H3,(H,14,15,16). The Hall–Kier alpha value is -1.93. The highest BCUT2D eigenvalue weighted by molar-refractivity contribution is 7.15. The fraction of sp³-hybridized carbons (Fsp3) is 0.250. The molecule has 0 saturated carbocycles. The quantitative estimate of drug-likeness (QED) is 0.901. The van der Waals surface area contributed by atoms with E-state index in [0.717, 1.165) is 17.2 Å². The van der Waals surface area contributed by atoms with Crippen LogP contribution < -0.4 is 5.32 Å². The van der Waals surface area contributed by atoms with E-state index in [1.54, 1.807) is 29.7 Å². The first kappa shape index (κ1) is 11.6. The van der Waals surface area contributed by atoms with Gasteiger partial charge in [0.1, 0.15) is 11.9 Å². The van der Waals surface area contributed by atoms with Gasteiger partial charge in [-0.15, -0.1) is 11.3 Å². The van der Waals surface area contributed by atoms with Crippen LogP contribution >= 0.6 is 11.3 Å². The molecule has 17 heavy (non-hydrogen) atoms. The van der Waals surface area contributed by atoms with Crippen molar-refractivity contribution in [1.29, 1.82) is 5.26 Å². The first-order chi connectivity index (χ1) is 8.22. The average molecular weight is 244 g/mol. The Bertz CT molecular complexity index is 551. The maximum Gasteiger partial charge on any atom is 0.188 e. The van der Waals surface area contributed by atoms with Gasteiger partial charge >= 0.3 is 0 Å². The van der Waals surface area contributed by atoms with Crippen molar-refractivity contribution in [2.75, 3.05) is 5.32 Å². The van der Waals surface area contributed by atoms with Crippen LogP contribution in [-0.4, -0.2) is 9.97 Å². The predicted molar refractivity (Wildman–Crippen MR) is 68.5 cm³/mol. The molecule has 0 aromatic carbocycles. The number of anilines is 2. The Kier molecular flexibility index (Phi) is 3.35. The summed E-state index contributed by atoms with van der Waals surface area (Å²) in [6.07, 6.45) is 2.48. The summed E-state index contributed by atoms with van der Waals surface area (Å²) in [6, 6.07) is 5.55. The lowest BCUT2D eigenvalue weighted by atomic mass is 10.3. The highest BCUT2D eigenvalue weighted by atomic mass is 32.1. The van der Waals surface area contributed by atoms with Crippen LogP contribution in [0.4, 0.5) is 10.9 Å². The highest BCUT2D eigenvalue weighted by Crippen LogP contribution is 2.24. The van der Waals surface area contributed by atoms with Gasteiger partial charge in [-0.05, 0) is 25.5 Å². The number of thiazole rings is 1. The van der Waals surface area contributed by atoms with Crippen molar-refractivity contribution in [3.63, 3.8) is 0 Å². The van der Waals surface area contributed by atoms with Crippen molar-refractivity contribution >= 4 is 22.3 Å². The Morgan fingerprint density at radius 2 is 2.29 bits per heavy atom. The summed E-state index contributed by atoms with van der Waals surface area (Å²) in [5, 5.41) is 12.7. The van der Waals surface area contributed by atoms with Gasteiger partial charge in [0.15, 0.2) is 5.13 Å². The molecule has 2 aromatic heterocycles. The van der Waals surface area contributed by atoms with Crippen molar-refractivity contribution in [2.24, 2.45) is 0 Å². The van der Waals surface area contributed by atoms with E-state index in [4.69, 9.17) is 5.26 Å². The fourth-order valence-electron chi connectivity index (χ4n) is 1.45. The number of rotatable bonds is 3. The zero-order valence-corrected chi connectivity index (χ0v) is 10.5. The lowest BCUT2D eigenvalue weighted by Gasteiger charge is -2.00. The van der Waals surface area contributed by atoms with Gasteiger partial charge in [-0.25, -0.2) is 9.97 Å².